The van der Waals surface area contributed by atoms with Crippen LogP contribution in [0.25, 0.3) is 0 Å². The quantitative estimate of drug-likeness (QED) is 0.245. The van der Waals surface area contributed by atoms with Crippen LogP contribution < -0.4 is 16.0 Å². The molecule has 0 aliphatic carbocycles. The number of aliphatic carboxylic acids is 1. The molecule has 0 unspecified atom stereocenters. The average molecular weight is 502 g/mol. The number of aliphatic hydroxyl groups is 1. The summed E-state index contributed by atoms with van der Waals surface area (Å²) in [5.74, 6) is -2.18. The molecular weight excluding hydrogens is 470 g/mol. The van der Waals surface area contributed by atoms with Gasteiger partial charge in [-0.3, -0.25) is 4.79 Å². The fraction of sp³-hybridized carbons (Fsp3) is 0.360. The number of hydrogen-bond acceptors (Lipinski definition) is 7. The Labute approximate surface area is 208 Å². The molecule has 0 bridgehead atoms. The normalized spacial score (nSPS) is 12.0. The molecule has 11 heteroatoms. The lowest BCUT2D eigenvalue weighted by molar-refractivity contribution is -0.143. The molecule has 11 nitrogen and oxygen atoms in total. The van der Waals surface area contributed by atoms with Gasteiger partial charge in [-0.15, -0.1) is 0 Å². The summed E-state index contributed by atoms with van der Waals surface area (Å²) in [4.78, 5) is 47.8. The number of ether oxygens (including phenoxy) is 2. The molecule has 0 fully saturated rings. The number of hydrogen-bond donors (Lipinski definition) is 5. The number of unbranched alkanes of at least 4 members (excludes halogenated alkanes) is 1. The Morgan fingerprint density at radius 2 is 1.31 bits per heavy atom. The molecule has 0 aromatic heterocycles. The third-order valence-corrected chi connectivity index (χ3v) is 5.02. The molecule has 5 N–H and O–H groups in total. The maximum absolute atomic E-state index is 12.6. The fourth-order valence-electron chi connectivity index (χ4n) is 3.07. The summed E-state index contributed by atoms with van der Waals surface area (Å²) in [5.41, 5.74) is 1.61. The Balaban J connectivity index is 1.79. The number of carboxylic acids is 1. The molecule has 0 aliphatic rings. The van der Waals surface area contributed by atoms with Gasteiger partial charge in [0.2, 0.25) is 5.91 Å². The summed E-state index contributed by atoms with van der Waals surface area (Å²) >= 11 is 0. The van der Waals surface area contributed by atoms with E-state index in [-0.39, 0.29) is 26.2 Å². The minimum Gasteiger partial charge on any atom is -0.480 e. The summed E-state index contributed by atoms with van der Waals surface area (Å²) in [6.07, 6.45) is -0.411. The second-order valence-corrected chi connectivity index (χ2v) is 7.82. The highest BCUT2D eigenvalue weighted by atomic mass is 16.6. The molecule has 0 spiro atoms. The van der Waals surface area contributed by atoms with E-state index in [1.807, 2.05) is 36.4 Å². The minimum absolute atomic E-state index is 0.00951. The molecule has 2 aromatic rings. The summed E-state index contributed by atoms with van der Waals surface area (Å²) in [6.45, 7) is -0.403. The molecule has 0 aliphatic heterocycles. The molecule has 0 saturated carbocycles. The van der Waals surface area contributed by atoms with Gasteiger partial charge in [0.25, 0.3) is 0 Å². The highest BCUT2D eigenvalue weighted by Crippen LogP contribution is 2.05. The van der Waals surface area contributed by atoms with Crippen LogP contribution in [0.15, 0.2) is 60.7 Å². The first kappa shape index (κ1) is 28.1. The van der Waals surface area contributed by atoms with Crippen molar-refractivity contribution in [3.63, 3.8) is 0 Å². The van der Waals surface area contributed by atoms with Crippen molar-refractivity contribution in [2.75, 3.05) is 13.2 Å². The van der Waals surface area contributed by atoms with Gasteiger partial charge in [0.1, 0.15) is 25.3 Å². The zero-order chi connectivity index (χ0) is 26.2. The summed E-state index contributed by atoms with van der Waals surface area (Å²) < 4.78 is 10.3. The molecule has 194 valence electrons. The molecule has 2 aromatic carbocycles. The van der Waals surface area contributed by atoms with E-state index >= 15 is 0 Å². The van der Waals surface area contributed by atoms with Crippen LogP contribution in [0, 0.1) is 0 Å². The van der Waals surface area contributed by atoms with Gasteiger partial charge in [-0.1, -0.05) is 60.7 Å². The van der Waals surface area contributed by atoms with Crippen molar-refractivity contribution in [1.29, 1.82) is 0 Å². The molecule has 0 radical (unpaired) electrons. The lowest BCUT2D eigenvalue weighted by Gasteiger charge is -2.20. The van der Waals surface area contributed by atoms with Gasteiger partial charge in [-0.25, -0.2) is 14.4 Å². The van der Waals surface area contributed by atoms with Crippen LogP contribution >= 0.6 is 0 Å². The number of carboxylic acid groups (broad SMARTS) is 1. The zero-order valence-corrected chi connectivity index (χ0v) is 19.7. The predicted octanol–water partition coefficient (Wildman–Crippen LogP) is 1.94. The van der Waals surface area contributed by atoms with Crippen molar-refractivity contribution in [3.8, 4) is 0 Å². The standard InChI is InChI=1S/C25H31N3O8/c29-15-21(23(31)32)27-22(30)20(28-25(34)36-17-19-11-5-2-6-12-19)13-7-8-14-26-24(33)35-16-18-9-3-1-4-10-18/h1-6,9-12,20-21,29H,7-8,13-17H2,(H,26,33)(H,27,30)(H,28,34)(H,31,32)/t20-,21+/m0/s1. The lowest BCUT2D eigenvalue weighted by Crippen LogP contribution is -2.52. The number of carbonyl (C=O) groups excluding carboxylic acids is 3. The van der Waals surface area contributed by atoms with Crippen LogP contribution in [0.1, 0.15) is 30.4 Å². The summed E-state index contributed by atoms with van der Waals surface area (Å²) in [7, 11) is 0. The fourth-order valence-corrected chi connectivity index (χ4v) is 3.07. The zero-order valence-electron chi connectivity index (χ0n) is 19.7. The number of benzene rings is 2. The third-order valence-electron chi connectivity index (χ3n) is 5.02. The van der Waals surface area contributed by atoms with Gasteiger partial charge in [0, 0.05) is 6.54 Å². The Bertz CT molecular complexity index is 972. The number of nitrogens with one attached hydrogen (secondary N) is 3. The second-order valence-electron chi connectivity index (χ2n) is 7.82. The van der Waals surface area contributed by atoms with Gasteiger partial charge in [0.05, 0.1) is 6.61 Å². The second kappa shape index (κ2) is 15.7. The molecular formula is C25H31N3O8. The maximum atomic E-state index is 12.6. The Kier molecular flexibility index (Phi) is 12.3. The van der Waals surface area contributed by atoms with Crippen molar-refractivity contribution in [2.45, 2.75) is 44.6 Å². The summed E-state index contributed by atoms with van der Waals surface area (Å²) in [6, 6.07) is 15.5. The van der Waals surface area contributed by atoms with E-state index in [2.05, 4.69) is 16.0 Å². The topological polar surface area (TPSA) is 163 Å². The lowest BCUT2D eigenvalue weighted by atomic mass is 10.1. The van der Waals surface area contributed by atoms with Crippen molar-refractivity contribution in [3.05, 3.63) is 71.8 Å². The first-order chi connectivity index (χ1) is 17.4. The van der Waals surface area contributed by atoms with Crippen LogP contribution in [0.4, 0.5) is 9.59 Å². The van der Waals surface area contributed by atoms with Gasteiger partial charge in [-0.2, -0.15) is 0 Å². The number of carbonyl (C=O) groups is 4. The van der Waals surface area contributed by atoms with Gasteiger partial charge < -0.3 is 35.6 Å². The van der Waals surface area contributed by atoms with E-state index in [0.29, 0.717) is 12.8 Å². The van der Waals surface area contributed by atoms with E-state index in [1.165, 1.54) is 0 Å². The van der Waals surface area contributed by atoms with Gasteiger partial charge in [0.15, 0.2) is 0 Å². The molecule has 36 heavy (non-hydrogen) atoms. The predicted molar refractivity (Wildman–Crippen MR) is 129 cm³/mol. The van der Waals surface area contributed by atoms with Crippen LogP contribution in [0.5, 0.6) is 0 Å². The average Bonchev–Trinajstić information content (AvgIpc) is 2.89. The highest BCUT2D eigenvalue weighted by molar-refractivity contribution is 5.89. The third kappa shape index (κ3) is 10.9. The smallest absolute Gasteiger partial charge is 0.408 e. The number of aliphatic hydroxyl groups excluding tert-OH is 1. The van der Waals surface area contributed by atoms with Crippen molar-refractivity contribution < 1.29 is 38.9 Å². The van der Waals surface area contributed by atoms with Crippen molar-refractivity contribution in [1.82, 2.24) is 16.0 Å². The maximum Gasteiger partial charge on any atom is 0.408 e. The molecule has 0 heterocycles. The van der Waals surface area contributed by atoms with Crippen LogP contribution in [-0.4, -0.2) is 59.5 Å². The Morgan fingerprint density at radius 3 is 1.83 bits per heavy atom. The van der Waals surface area contributed by atoms with Gasteiger partial charge >= 0.3 is 18.2 Å². The van der Waals surface area contributed by atoms with Crippen LogP contribution in [0.3, 0.4) is 0 Å². The monoisotopic (exact) mass is 501 g/mol. The Morgan fingerprint density at radius 1 is 0.750 bits per heavy atom. The van der Waals surface area contributed by atoms with E-state index in [1.54, 1.807) is 24.3 Å². The first-order valence-corrected chi connectivity index (χ1v) is 11.4. The van der Waals surface area contributed by atoms with E-state index < -0.39 is 42.8 Å². The SMILES string of the molecule is O=C(NCCCC[C@H](NC(=O)OCc1ccccc1)C(=O)N[C@H](CO)C(=O)O)OCc1ccccc1. The van der Waals surface area contributed by atoms with Crippen molar-refractivity contribution in [2.24, 2.45) is 0 Å². The molecule has 3 amide bonds. The van der Waals surface area contributed by atoms with E-state index in [4.69, 9.17) is 14.6 Å². The van der Waals surface area contributed by atoms with E-state index in [0.717, 1.165) is 11.1 Å². The van der Waals surface area contributed by atoms with Crippen LogP contribution in [0.2, 0.25) is 0 Å². The first-order valence-electron chi connectivity index (χ1n) is 11.4. The largest absolute Gasteiger partial charge is 0.480 e. The summed E-state index contributed by atoms with van der Waals surface area (Å²) in [5, 5.41) is 25.5. The number of rotatable bonds is 14. The number of alkyl carbamates (subject to hydrolysis) is 2. The van der Waals surface area contributed by atoms with Crippen LogP contribution in [-0.2, 0) is 32.3 Å². The number of amides is 3. The molecule has 2 rings (SSSR count). The van der Waals surface area contributed by atoms with Gasteiger partial charge in [-0.05, 0) is 30.4 Å². The minimum atomic E-state index is -1.51. The highest BCUT2D eigenvalue weighted by Gasteiger charge is 2.26. The van der Waals surface area contributed by atoms with E-state index in [9.17, 15) is 24.3 Å². The molecule has 0 saturated heterocycles. The molecule has 2 atom stereocenters. The van der Waals surface area contributed by atoms with Crippen molar-refractivity contribution >= 4 is 24.1 Å². The Hall–Kier alpha value is -4.12.